The number of hydrogen-bond acceptors (Lipinski definition) is 5. The molecule has 0 aliphatic carbocycles. The second-order valence-corrected chi connectivity index (χ2v) is 8.20. The van der Waals surface area contributed by atoms with Crippen molar-refractivity contribution >= 4 is 16.9 Å². The molecule has 5 aromatic rings. The molecule has 178 valence electrons. The Labute approximate surface area is 208 Å². The maximum atomic E-state index is 11.2. The molecule has 5 rings (SSSR count). The summed E-state index contributed by atoms with van der Waals surface area (Å²) in [5, 5.41) is 1.89. The van der Waals surface area contributed by atoms with Crippen molar-refractivity contribution in [2.75, 3.05) is 0 Å². The number of pyridine rings is 1. The summed E-state index contributed by atoms with van der Waals surface area (Å²) in [6.07, 6.45) is -0.850. The number of nitrogens with zero attached hydrogens (tertiary/aromatic N) is 1. The summed E-state index contributed by atoms with van der Waals surface area (Å²) in [7, 11) is 0. The molecule has 0 aliphatic rings. The number of carbonyl (C=O) groups excluding carboxylic acids is 1. The molecule has 1 amide bonds. The Balaban J connectivity index is 1.47. The third-order valence-corrected chi connectivity index (χ3v) is 5.62. The summed E-state index contributed by atoms with van der Waals surface area (Å²) in [5.74, 6) is 1.33. The normalized spacial score (nSPS) is 10.7. The molecule has 6 nitrogen and oxygen atoms in total. The van der Waals surface area contributed by atoms with Gasteiger partial charge >= 0.3 is 6.09 Å². The highest BCUT2D eigenvalue weighted by Gasteiger charge is 2.13. The lowest BCUT2D eigenvalue weighted by Crippen LogP contribution is -2.16. The number of aromatic nitrogens is 1. The van der Waals surface area contributed by atoms with Crippen LogP contribution in [0.1, 0.15) is 11.1 Å². The minimum absolute atomic E-state index is 0.368. The van der Waals surface area contributed by atoms with Gasteiger partial charge in [0.15, 0.2) is 0 Å². The van der Waals surface area contributed by atoms with Crippen molar-refractivity contribution in [1.29, 1.82) is 0 Å². The van der Waals surface area contributed by atoms with Crippen LogP contribution in [0.3, 0.4) is 0 Å². The van der Waals surface area contributed by atoms with E-state index in [2.05, 4.69) is 4.98 Å². The Morgan fingerprint density at radius 3 is 2.06 bits per heavy atom. The van der Waals surface area contributed by atoms with Crippen LogP contribution in [0.5, 0.6) is 17.5 Å². The van der Waals surface area contributed by atoms with Gasteiger partial charge in [-0.2, -0.15) is 4.98 Å². The minimum Gasteiger partial charge on any atom is -0.473 e. The zero-order chi connectivity index (χ0) is 24.7. The van der Waals surface area contributed by atoms with Crippen molar-refractivity contribution in [2.45, 2.75) is 13.2 Å². The van der Waals surface area contributed by atoms with Crippen molar-refractivity contribution in [2.24, 2.45) is 5.73 Å². The van der Waals surface area contributed by atoms with E-state index in [0.717, 1.165) is 33.0 Å². The molecule has 0 radical (unpaired) electrons. The molecule has 0 fully saturated rings. The maximum Gasteiger partial charge on any atom is 0.409 e. The largest absolute Gasteiger partial charge is 0.473 e. The van der Waals surface area contributed by atoms with E-state index >= 15 is 0 Å². The van der Waals surface area contributed by atoms with Gasteiger partial charge in [0.2, 0.25) is 11.8 Å². The Morgan fingerprint density at radius 1 is 0.694 bits per heavy atom. The van der Waals surface area contributed by atoms with Crippen LogP contribution in [0.4, 0.5) is 4.79 Å². The number of hydrogen-bond donors (Lipinski definition) is 1. The van der Waals surface area contributed by atoms with Crippen LogP contribution in [-0.2, 0) is 13.2 Å². The van der Waals surface area contributed by atoms with Gasteiger partial charge in [0.05, 0.1) is 0 Å². The van der Waals surface area contributed by atoms with Crippen LogP contribution in [-0.4, -0.2) is 11.1 Å². The average Bonchev–Trinajstić information content (AvgIpc) is 2.91. The van der Waals surface area contributed by atoms with Gasteiger partial charge in [0, 0.05) is 11.6 Å². The van der Waals surface area contributed by atoms with Crippen molar-refractivity contribution in [3.63, 3.8) is 0 Å². The molecule has 2 N–H and O–H groups in total. The van der Waals surface area contributed by atoms with Crippen LogP contribution in [0, 0.1) is 0 Å². The standard InChI is InChI=1S/C30H24N2O4/c31-30(33)36-26-14-13-23-11-12-24(17-25(23)18-26)27-15-16-28(34-19-21-7-3-1-4-8-21)32-29(27)35-20-22-9-5-2-6-10-22/h1-18H,19-20H2,(H2,31,33). The lowest BCUT2D eigenvalue weighted by Gasteiger charge is -2.14. The van der Waals surface area contributed by atoms with Crippen LogP contribution in [0.25, 0.3) is 21.9 Å². The monoisotopic (exact) mass is 476 g/mol. The van der Waals surface area contributed by atoms with Gasteiger partial charge in [-0.1, -0.05) is 78.9 Å². The van der Waals surface area contributed by atoms with Crippen LogP contribution < -0.4 is 19.9 Å². The molecule has 0 saturated heterocycles. The van der Waals surface area contributed by atoms with E-state index in [1.54, 1.807) is 12.1 Å². The van der Waals surface area contributed by atoms with E-state index in [0.29, 0.717) is 30.7 Å². The molecular formula is C30H24N2O4. The number of benzene rings is 4. The molecule has 0 unspecified atom stereocenters. The number of primary amides is 1. The highest BCUT2D eigenvalue weighted by atomic mass is 16.5. The van der Waals surface area contributed by atoms with Gasteiger partial charge in [0.25, 0.3) is 0 Å². The second-order valence-electron chi connectivity index (χ2n) is 8.20. The van der Waals surface area contributed by atoms with Crippen molar-refractivity contribution < 1.29 is 19.0 Å². The Morgan fingerprint density at radius 2 is 1.36 bits per heavy atom. The van der Waals surface area contributed by atoms with Crippen LogP contribution in [0.2, 0.25) is 0 Å². The quantitative estimate of drug-likeness (QED) is 0.276. The third-order valence-electron chi connectivity index (χ3n) is 5.62. The highest BCUT2D eigenvalue weighted by molar-refractivity contribution is 5.89. The smallest absolute Gasteiger partial charge is 0.409 e. The lowest BCUT2D eigenvalue weighted by atomic mass is 10.0. The van der Waals surface area contributed by atoms with E-state index in [1.807, 2.05) is 97.1 Å². The molecule has 0 saturated carbocycles. The highest BCUT2D eigenvalue weighted by Crippen LogP contribution is 2.34. The van der Waals surface area contributed by atoms with Gasteiger partial charge < -0.3 is 19.9 Å². The van der Waals surface area contributed by atoms with E-state index in [9.17, 15) is 4.79 Å². The summed E-state index contributed by atoms with van der Waals surface area (Å²) in [4.78, 5) is 15.9. The van der Waals surface area contributed by atoms with Crippen molar-refractivity contribution in [1.82, 2.24) is 4.98 Å². The number of nitrogens with two attached hydrogens (primary N) is 1. The second kappa shape index (κ2) is 10.6. The first-order valence-electron chi connectivity index (χ1n) is 11.5. The Hall–Kier alpha value is -4.84. The van der Waals surface area contributed by atoms with E-state index < -0.39 is 6.09 Å². The molecule has 4 aromatic carbocycles. The molecule has 1 aromatic heterocycles. The fourth-order valence-electron chi connectivity index (χ4n) is 3.86. The molecule has 0 spiro atoms. The van der Waals surface area contributed by atoms with E-state index in [4.69, 9.17) is 19.9 Å². The topological polar surface area (TPSA) is 83.7 Å². The number of amides is 1. The zero-order valence-corrected chi connectivity index (χ0v) is 19.5. The van der Waals surface area contributed by atoms with Crippen LogP contribution in [0.15, 0.2) is 109 Å². The summed E-state index contributed by atoms with van der Waals surface area (Å²) in [5.41, 5.74) is 8.98. The predicted octanol–water partition coefficient (Wildman–Crippen LogP) is 6.52. The molecular weight excluding hydrogens is 452 g/mol. The maximum absolute atomic E-state index is 11.2. The number of fused-ring (bicyclic) bond motifs is 1. The summed E-state index contributed by atoms with van der Waals surface area (Å²) in [6.45, 7) is 0.775. The molecule has 1 heterocycles. The van der Waals surface area contributed by atoms with E-state index in [-0.39, 0.29) is 0 Å². The SMILES string of the molecule is NC(=O)Oc1ccc2ccc(-c3ccc(OCc4ccccc4)nc3OCc3ccccc3)cc2c1. The molecule has 0 bridgehead atoms. The van der Waals surface area contributed by atoms with Gasteiger partial charge in [-0.05, 0) is 51.7 Å². The minimum atomic E-state index is -0.850. The first-order valence-corrected chi connectivity index (χ1v) is 11.5. The fraction of sp³-hybridized carbons (Fsp3) is 0.0667. The average molecular weight is 477 g/mol. The number of rotatable bonds is 8. The molecule has 0 aliphatic heterocycles. The van der Waals surface area contributed by atoms with Gasteiger partial charge in [-0.15, -0.1) is 0 Å². The summed E-state index contributed by atoms with van der Waals surface area (Å²) in [6, 6.07) is 35.0. The van der Waals surface area contributed by atoms with Gasteiger partial charge in [-0.3, -0.25) is 0 Å². The van der Waals surface area contributed by atoms with Gasteiger partial charge in [-0.25, -0.2) is 4.79 Å². The zero-order valence-electron chi connectivity index (χ0n) is 19.5. The summed E-state index contributed by atoms with van der Waals surface area (Å²) < 4.78 is 17.2. The lowest BCUT2D eigenvalue weighted by molar-refractivity contribution is 0.211. The Kier molecular flexibility index (Phi) is 6.76. The van der Waals surface area contributed by atoms with Crippen molar-refractivity contribution in [3.05, 3.63) is 120 Å². The van der Waals surface area contributed by atoms with Crippen LogP contribution >= 0.6 is 0 Å². The number of carbonyl (C=O) groups is 1. The van der Waals surface area contributed by atoms with E-state index in [1.165, 1.54) is 0 Å². The Bertz CT molecular complexity index is 1490. The fourth-order valence-corrected chi connectivity index (χ4v) is 3.86. The van der Waals surface area contributed by atoms with Gasteiger partial charge in [0.1, 0.15) is 19.0 Å². The first-order chi connectivity index (χ1) is 17.6. The third kappa shape index (κ3) is 5.62. The number of ether oxygens (including phenoxy) is 3. The predicted molar refractivity (Wildman–Crippen MR) is 139 cm³/mol. The first kappa shape index (κ1) is 22.9. The molecule has 6 heteroatoms. The van der Waals surface area contributed by atoms with Crippen molar-refractivity contribution in [3.8, 4) is 28.6 Å². The molecule has 36 heavy (non-hydrogen) atoms. The molecule has 0 atom stereocenters. The summed E-state index contributed by atoms with van der Waals surface area (Å²) >= 11 is 0.